The highest BCUT2D eigenvalue weighted by molar-refractivity contribution is 5.93. The summed E-state index contributed by atoms with van der Waals surface area (Å²) in [4.78, 5) is 24.4. The molecule has 5 heteroatoms. The average molecular weight is 290 g/mol. The van der Waals surface area contributed by atoms with Gasteiger partial charge in [0.1, 0.15) is 0 Å². The first kappa shape index (κ1) is 16.9. The van der Waals surface area contributed by atoms with Crippen molar-refractivity contribution in [2.24, 2.45) is 0 Å². The van der Waals surface area contributed by atoms with Gasteiger partial charge in [0.2, 0.25) is 5.91 Å². The predicted molar refractivity (Wildman–Crippen MR) is 83.4 cm³/mol. The van der Waals surface area contributed by atoms with Crippen molar-refractivity contribution in [3.63, 3.8) is 0 Å². The molecule has 114 valence electrons. The van der Waals surface area contributed by atoms with Crippen molar-refractivity contribution in [1.29, 1.82) is 0 Å². The first-order valence-electron chi connectivity index (χ1n) is 6.85. The zero-order valence-corrected chi connectivity index (χ0v) is 12.6. The first-order valence-corrected chi connectivity index (χ1v) is 6.85. The number of rotatable bonds is 8. The predicted octanol–water partition coefficient (Wildman–Crippen LogP) is 2.20. The molecule has 0 fully saturated rings. The van der Waals surface area contributed by atoms with Crippen molar-refractivity contribution < 1.29 is 14.7 Å². The number of hydrogen-bond donors (Lipinski definition) is 2. The molecule has 1 aromatic carbocycles. The minimum Gasteiger partial charge on any atom is -0.481 e. The number of carbonyl (C=O) groups is 2. The highest BCUT2D eigenvalue weighted by Gasteiger charge is 2.12. The van der Waals surface area contributed by atoms with Gasteiger partial charge in [0.05, 0.1) is 13.0 Å². The normalized spacial score (nSPS) is 10.4. The maximum atomic E-state index is 12.1. The minimum atomic E-state index is -0.876. The van der Waals surface area contributed by atoms with Crippen molar-refractivity contribution in [2.75, 3.05) is 25.0 Å². The second-order valence-electron chi connectivity index (χ2n) is 4.96. The van der Waals surface area contributed by atoms with Gasteiger partial charge in [-0.3, -0.25) is 14.5 Å². The summed E-state index contributed by atoms with van der Waals surface area (Å²) in [5, 5.41) is 11.6. The molecule has 0 saturated carbocycles. The summed E-state index contributed by atoms with van der Waals surface area (Å²) in [5.74, 6) is -1.03. The third-order valence-corrected chi connectivity index (χ3v) is 3.28. The summed E-state index contributed by atoms with van der Waals surface area (Å²) >= 11 is 0. The number of anilines is 1. The van der Waals surface area contributed by atoms with Crippen LogP contribution in [-0.2, 0) is 9.59 Å². The molecule has 1 aromatic rings. The fraction of sp³-hybridized carbons (Fsp3) is 0.375. The van der Waals surface area contributed by atoms with Gasteiger partial charge in [-0.1, -0.05) is 18.2 Å². The molecule has 1 rings (SSSR count). The van der Waals surface area contributed by atoms with Crippen LogP contribution >= 0.6 is 0 Å². The Morgan fingerprint density at radius 1 is 1.38 bits per heavy atom. The van der Waals surface area contributed by atoms with Crippen LogP contribution in [0.4, 0.5) is 5.69 Å². The number of carboxylic acid groups (broad SMARTS) is 1. The second-order valence-corrected chi connectivity index (χ2v) is 4.96. The molecule has 2 N–H and O–H groups in total. The maximum Gasteiger partial charge on any atom is 0.304 e. The lowest BCUT2D eigenvalue weighted by atomic mass is 10.1. The summed E-state index contributed by atoms with van der Waals surface area (Å²) < 4.78 is 0. The lowest BCUT2D eigenvalue weighted by molar-refractivity contribution is -0.137. The van der Waals surface area contributed by atoms with E-state index < -0.39 is 5.97 Å². The van der Waals surface area contributed by atoms with Crippen LogP contribution < -0.4 is 5.32 Å². The number of nitrogens with one attached hydrogen (secondary N) is 1. The topological polar surface area (TPSA) is 69.6 Å². The zero-order valence-electron chi connectivity index (χ0n) is 12.6. The zero-order chi connectivity index (χ0) is 15.8. The minimum absolute atomic E-state index is 0.00456. The molecule has 0 saturated heterocycles. The summed E-state index contributed by atoms with van der Waals surface area (Å²) in [6, 6.07) is 5.74. The molecule has 21 heavy (non-hydrogen) atoms. The van der Waals surface area contributed by atoms with Crippen molar-refractivity contribution in [2.45, 2.75) is 20.3 Å². The molecule has 0 aromatic heterocycles. The lowest BCUT2D eigenvalue weighted by Crippen LogP contribution is -2.35. The van der Waals surface area contributed by atoms with E-state index in [1.54, 1.807) is 11.0 Å². The standard InChI is InChI=1S/C16H22N2O3/c1-4-9-18(10-8-16(20)21)11-15(19)17-14-7-5-6-12(2)13(14)3/h4-7H,1,8-11H2,2-3H3,(H,17,19)(H,20,21). The van der Waals surface area contributed by atoms with Crippen LogP contribution in [0.1, 0.15) is 17.5 Å². The van der Waals surface area contributed by atoms with Gasteiger partial charge >= 0.3 is 5.97 Å². The molecule has 0 unspecified atom stereocenters. The summed E-state index contributed by atoms with van der Waals surface area (Å²) in [7, 11) is 0. The number of carboxylic acids is 1. The van der Waals surface area contributed by atoms with Gasteiger partial charge in [0, 0.05) is 18.8 Å². The Bertz CT molecular complexity index is 526. The van der Waals surface area contributed by atoms with E-state index in [1.165, 1.54) is 0 Å². The van der Waals surface area contributed by atoms with Gasteiger partial charge in [0.25, 0.3) is 0 Å². The van der Waals surface area contributed by atoms with Crippen LogP contribution in [0.15, 0.2) is 30.9 Å². The van der Waals surface area contributed by atoms with Gasteiger partial charge in [-0.25, -0.2) is 0 Å². The van der Waals surface area contributed by atoms with E-state index in [1.807, 2.05) is 32.0 Å². The van der Waals surface area contributed by atoms with Crippen LogP contribution in [0.3, 0.4) is 0 Å². The Kier molecular flexibility index (Phi) is 6.62. The molecule has 5 nitrogen and oxygen atoms in total. The Labute approximate surface area is 125 Å². The fourth-order valence-corrected chi connectivity index (χ4v) is 1.95. The van der Waals surface area contributed by atoms with E-state index in [2.05, 4.69) is 11.9 Å². The highest BCUT2D eigenvalue weighted by atomic mass is 16.4. The van der Waals surface area contributed by atoms with Gasteiger partial charge in [-0.2, -0.15) is 0 Å². The van der Waals surface area contributed by atoms with Crippen LogP contribution in [0.2, 0.25) is 0 Å². The molecule has 0 heterocycles. The van der Waals surface area contributed by atoms with Gasteiger partial charge in [0.15, 0.2) is 0 Å². The first-order chi connectivity index (χ1) is 9.93. The van der Waals surface area contributed by atoms with Crippen LogP contribution in [0.25, 0.3) is 0 Å². The number of benzene rings is 1. The molecule has 0 radical (unpaired) electrons. The third-order valence-electron chi connectivity index (χ3n) is 3.28. The molecule has 0 aliphatic rings. The van der Waals surface area contributed by atoms with Crippen LogP contribution in [0, 0.1) is 13.8 Å². The number of carbonyl (C=O) groups excluding carboxylic acids is 1. The Balaban J connectivity index is 2.62. The van der Waals surface area contributed by atoms with Crippen molar-refractivity contribution in [1.82, 2.24) is 4.90 Å². The molecule has 1 amide bonds. The third kappa shape index (κ3) is 5.79. The SMILES string of the molecule is C=CCN(CCC(=O)O)CC(=O)Nc1cccc(C)c1C. The van der Waals surface area contributed by atoms with E-state index >= 15 is 0 Å². The Morgan fingerprint density at radius 3 is 2.71 bits per heavy atom. The van der Waals surface area contributed by atoms with Gasteiger partial charge in [-0.15, -0.1) is 6.58 Å². The molecular weight excluding hydrogens is 268 g/mol. The average Bonchev–Trinajstić information content (AvgIpc) is 2.41. The van der Waals surface area contributed by atoms with Gasteiger partial charge < -0.3 is 10.4 Å². The number of aliphatic carboxylic acids is 1. The number of amides is 1. The van der Waals surface area contributed by atoms with E-state index in [0.717, 1.165) is 16.8 Å². The Morgan fingerprint density at radius 2 is 2.10 bits per heavy atom. The van der Waals surface area contributed by atoms with Crippen LogP contribution in [0.5, 0.6) is 0 Å². The van der Waals surface area contributed by atoms with E-state index in [0.29, 0.717) is 13.1 Å². The number of aryl methyl sites for hydroxylation is 1. The molecule has 0 atom stereocenters. The van der Waals surface area contributed by atoms with Crippen molar-refractivity contribution >= 4 is 17.6 Å². The monoisotopic (exact) mass is 290 g/mol. The molecule has 0 aliphatic carbocycles. The van der Waals surface area contributed by atoms with E-state index in [-0.39, 0.29) is 18.9 Å². The maximum absolute atomic E-state index is 12.1. The second kappa shape index (κ2) is 8.21. The Hall–Kier alpha value is -2.14. The van der Waals surface area contributed by atoms with Crippen LogP contribution in [-0.4, -0.2) is 41.5 Å². The smallest absolute Gasteiger partial charge is 0.304 e. The lowest BCUT2D eigenvalue weighted by Gasteiger charge is -2.19. The molecule has 0 aliphatic heterocycles. The summed E-state index contributed by atoms with van der Waals surface area (Å²) in [6.07, 6.45) is 1.66. The quantitative estimate of drug-likeness (QED) is 0.720. The largest absolute Gasteiger partial charge is 0.481 e. The fourth-order valence-electron chi connectivity index (χ4n) is 1.95. The van der Waals surface area contributed by atoms with Crippen molar-refractivity contribution in [3.8, 4) is 0 Å². The van der Waals surface area contributed by atoms with E-state index in [4.69, 9.17) is 5.11 Å². The molecule has 0 spiro atoms. The highest BCUT2D eigenvalue weighted by Crippen LogP contribution is 2.17. The van der Waals surface area contributed by atoms with Gasteiger partial charge in [-0.05, 0) is 31.0 Å². The summed E-state index contributed by atoms with van der Waals surface area (Å²) in [5.41, 5.74) is 2.94. The molecule has 0 bridgehead atoms. The number of hydrogen-bond acceptors (Lipinski definition) is 3. The van der Waals surface area contributed by atoms with Crippen molar-refractivity contribution in [3.05, 3.63) is 42.0 Å². The molecular formula is C16H22N2O3. The summed E-state index contributed by atoms with van der Waals surface area (Å²) in [6.45, 7) is 8.51. The van der Waals surface area contributed by atoms with E-state index in [9.17, 15) is 9.59 Å². The number of nitrogens with zero attached hydrogens (tertiary/aromatic N) is 1.